The summed E-state index contributed by atoms with van der Waals surface area (Å²) >= 11 is 3.98. The summed E-state index contributed by atoms with van der Waals surface area (Å²) in [5.41, 5.74) is 4.77. The third kappa shape index (κ3) is 1.72. The zero-order chi connectivity index (χ0) is 15.6. The lowest BCUT2D eigenvalue weighted by molar-refractivity contribution is 0.418. The highest BCUT2D eigenvalue weighted by Gasteiger charge is 2.52. The minimum absolute atomic E-state index is 0.240. The molecule has 1 aromatic carbocycles. The summed E-state index contributed by atoms with van der Waals surface area (Å²) in [5.74, 6) is 0. The van der Waals surface area contributed by atoms with Crippen LogP contribution in [0.5, 0.6) is 0 Å². The molecule has 0 saturated heterocycles. The van der Waals surface area contributed by atoms with Gasteiger partial charge in [0.25, 0.3) is 0 Å². The van der Waals surface area contributed by atoms with Crippen molar-refractivity contribution in [3.05, 3.63) is 51.7 Å². The molecule has 2 aliphatic rings. The van der Waals surface area contributed by atoms with Crippen LogP contribution in [0.15, 0.2) is 35.7 Å². The Morgan fingerprint density at radius 1 is 1.13 bits per heavy atom. The topological polar surface area (TPSA) is 3.24 Å². The minimum Gasteiger partial charge on any atom is -0.354 e. The third-order valence-electron chi connectivity index (χ3n) is 5.82. The van der Waals surface area contributed by atoms with Crippen LogP contribution in [-0.2, 0) is 5.54 Å². The van der Waals surface area contributed by atoms with E-state index in [1.807, 2.05) is 22.7 Å². The van der Waals surface area contributed by atoms with Gasteiger partial charge in [0.15, 0.2) is 0 Å². The van der Waals surface area contributed by atoms with Gasteiger partial charge >= 0.3 is 0 Å². The van der Waals surface area contributed by atoms with Gasteiger partial charge in [-0.15, -0.1) is 22.7 Å². The first-order valence-electron chi connectivity index (χ1n) is 8.58. The van der Waals surface area contributed by atoms with E-state index in [1.165, 1.54) is 41.6 Å². The number of aryl methyl sites for hydroxylation is 1. The molecule has 1 unspecified atom stereocenters. The smallest absolute Gasteiger partial charge is 0.0686 e. The maximum absolute atomic E-state index is 2.77. The standard InChI is InChI=1S/C20H21NS2/c1-13-7-3-4-8-15(13)21-14(2)18-17(20(21)10-5-6-11-20)19-16(23-18)9-12-22-19/h3-4,7-9,12,14H,5-6,10-11H2,1-2H3. The van der Waals surface area contributed by atoms with E-state index in [4.69, 9.17) is 0 Å². The van der Waals surface area contributed by atoms with Gasteiger partial charge in [-0.1, -0.05) is 31.0 Å². The van der Waals surface area contributed by atoms with E-state index >= 15 is 0 Å². The fraction of sp³-hybridized carbons (Fsp3) is 0.400. The molecule has 5 rings (SSSR count). The summed E-state index contributed by atoms with van der Waals surface area (Å²) in [4.78, 5) is 4.40. The molecule has 1 atom stereocenters. The maximum atomic E-state index is 2.77. The second-order valence-corrected chi connectivity index (χ2v) is 9.03. The van der Waals surface area contributed by atoms with Gasteiger partial charge in [-0.25, -0.2) is 0 Å². The summed E-state index contributed by atoms with van der Waals surface area (Å²) in [5, 5.41) is 2.27. The Balaban J connectivity index is 1.79. The molecule has 1 aliphatic carbocycles. The normalized spacial score (nSPS) is 22.3. The summed E-state index contributed by atoms with van der Waals surface area (Å²) in [7, 11) is 0. The van der Waals surface area contributed by atoms with Crippen LogP contribution in [0, 0.1) is 6.92 Å². The van der Waals surface area contributed by atoms with E-state index in [9.17, 15) is 0 Å². The number of para-hydroxylation sites is 1. The van der Waals surface area contributed by atoms with Crippen LogP contribution >= 0.6 is 22.7 Å². The predicted octanol–water partition coefficient (Wildman–Crippen LogP) is 6.62. The molecule has 1 saturated carbocycles. The van der Waals surface area contributed by atoms with E-state index < -0.39 is 0 Å². The summed E-state index contributed by atoms with van der Waals surface area (Å²) in [6.07, 6.45) is 5.33. The van der Waals surface area contributed by atoms with Gasteiger partial charge in [0.2, 0.25) is 0 Å². The molecule has 1 spiro atoms. The van der Waals surface area contributed by atoms with Gasteiger partial charge in [0, 0.05) is 20.8 Å². The number of benzene rings is 1. The molecule has 3 aromatic rings. The van der Waals surface area contributed by atoms with E-state index in [0.29, 0.717) is 6.04 Å². The molecule has 0 N–H and O–H groups in total. The second-order valence-electron chi connectivity index (χ2n) is 7.03. The number of rotatable bonds is 1. The van der Waals surface area contributed by atoms with Gasteiger partial charge < -0.3 is 4.90 Å². The monoisotopic (exact) mass is 339 g/mol. The average Bonchev–Trinajstić information content (AvgIpc) is 3.26. The van der Waals surface area contributed by atoms with Crippen LogP contribution in [0.25, 0.3) is 9.40 Å². The Hall–Kier alpha value is -1.32. The first kappa shape index (κ1) is 14.1. The van der Waals surface area contributed by atoms with Gasteiger partial charge in [0.05, 0.1) is 16.3 Å². The largest absolute Gasteiger partial charge is 0.354 e. The Morgan fingerprint density at radius 2 is 1.91 bits per heavy atom. The quantitative estimate of drug-likeness (QED) is 0.481. The van der Waals surface area contributed by atoms with E-state index in [1.54, 1.807) is 15.1 Å². The predicted molar refractivity (Wildman–Crippen MR) is 102 cm³/mol. The van der Waals surface area contributed by atoms with Crippen molar-refractivity contribution in [2.24, 2.45) is 0 Å². The highest BCUT2D eigenvalue weighted by atomic mass is 32.1. The summed E-state index contributed by atoms with van der Waals surface area (Å²) in [6.45, 7) is 4.68. The molecule has 3 heterocycles. The van der Waals surface area contributed by atoms with Crippen molar-refractivity contribution >= 4 is 37.8 Å². The van der Waals surface area contributed by atoms with Crippen molar-refractivity contribution in [2.75, 3.05) is 4.90 Å². The van der Waals surface area contributed by atoms with Gasteiger partial charge in [-0.2, -0.15) is 0 Å². The lowest BCUT2D eigenvalue weighted by atomic mass is 9.89. The average molecular weight is 340 g/mol. The van der Waals surface area contributed by atoms with Crippen LogP contribution in [0.3, 0.4) is 0 Å². The van der Waals surface area contributed by atoms with Crippen LogP contribution in [-0.4, -0.2) is 0 Å². The molecular weight excluding hydrogens is 318 g/mol. The second kappa shape index (κ2) is 4.84. The highest BCUT2D eigenvalue weighted by Crippen LogP contribution is 2.61. The van der Waals surface area contributed by atoms with Crippen molar-refractivity contribution in [3.8, 4) is 0 Å². The fourth-order valence-corrected chi connectivity index (χ4v) is 7.51. The maximum Gasteiger partial charge on any atom is 0.0686 e. The summed E-state index contributed by atoms with van der Waals surface area (Å²) in [6, 6.07) is 11.8. The van der Waals surface area contributed by atoms with E-state index in [-0.39, 0.29) is 5.54 Å². The first-order chi connectivity index (χ1) is 11.2. The van der Waals surface area contributed by atoms with Crippen molar-refractivity contribution in [3.63, 3.8) is 0 Å². The molecule has 1 fully saturated rings. The van der Waals surface area contributed by atoms with Gasteiger partial charge in [-0.05, 0) is 49.8 Å². The molecule has 3 heteroatoms. The molecular formula is C20H21NS2. The zero-order valence-electron chi connectivity index (χ0n) is 13.6. The third-order valence-corrected chi connectivity index (χ3v) is 8.21. The van der Waals surface area contributed by atoms with Crippen molar-refractivity contribution in [2.45, 2.75) is 51.1 Å². The van der Waals surface area contributed by atoms with Crippen LogP contribution in [0.1, 0.15) is 54.7 Å². The highest BCUT2D eigenvalue weighted by molar-refractivity contribution is 7.27. The molecule has 1 nitrogen and oxygen atoms in total. The van der Waals surface area contributed by atoms with Crippen LogP contribution < -0.4 is 4.90 Å². The van der Waals surface area contributed by atoms with Crippen molar-refractivity contribution in [1.82, 2.24) is 0 Å². The lowest BCUT2D eigenvalue weighted by Gasteiger charge is -2.41. The molecule has 0 amide bonds. The number of thiophene rings is 2. The molecule has 0 radical (unpaired) electrons. The Kier molecular flexibility index (Phi) is 2.96. The number of hydrogen-bond acceptors (Lipinski definition) is 3. The lowest BCUT2D eigenvalue weighted by Crippen LogP contribution is -2.40. The van der Waals surface area contributed by atoms with Crippen molar-refractivity contribution < 1.29 is 0 Å². The SMILES string of the molecule is Cc1ccccc1N1C(C)c2sc3ccsc3c2C12CCCC2. The fourth-order valence-electron chi connectivity index (χ4n) is 4.91. The number of hydrogen-bond donors (Lipinski definition) is 0. The van der Waals surface area contributed by atoms with E-state index in [2.05, 4.69) is 54.5 Å². The van der Waals surface area contributed by atoms with Crippen molar-refractivity contribution in [1.29, 1.82) is 0 Å². The minimum atomic E-state index is 0.240. The molecule has 1 aliphatic heterocycles. The van der Waals surface area contributed by atoms with Crippen LogP contribution in [0.2, 0.25) is 0 Å². The van der Waals surface area contributed by atoms with E-state index in [0.717, 1.165) is 0 Å². The van der Waals surface area contributed by atoms with Gasteiger partial charge in [-0.3, -0.25) is 0 Å². The number of fused-ring (bicyclic) bond motifs is 4. The number of anilines is 1. The van der Waals surface area contributed by atoms with Gasteiger partial charge in [0.1, 0.15) is 0 Å². The zero-order valence-corrected chi connectivity index (χ0v) is 15.3. The number of nitrogens with zero attached hydrogens (tertiary/aromatic N) is 1. The Labute approximate surface area is 145 Å². The van der Waals surface area contributed by atoms with Crippen LogP contribution in [0.4, 0.5) is 5.69 Å². The Morgan fingerprint density at radius 3 is 2.70 bits per heavy atom. The first-order valence-corrected chi connectivity index (χ1v) is 10.3. The summed E-state index contributed by atoms with van der Waals surface area (Å²) < 4.78 is 3.07. The Bertz CT molecular complexity index is 882. The molecule has 118 valence electrons. The molecule has 2 aromatic heterocycles. The molecule has 23 heavy (non-hydrogen) atoms. The molecule has 0 bridgehead atoms.